The van der Waals surface area contributed by atoms with Gasteiger partial charge in [0.05, 0.1) is 11.1 Å². The van der Waals surface area contributed by atoms with E-state index in [1.165, 1.54) is 6.07 Å². The highest BCUT2D eigenvalue weighted by atomic mass is 35.5. The van der Waals surface area contributed by atoms with Gasteiger partial charge in [-0.15, -0.1) is 0 Å². The number of halogens is 3. The Balaban J connectivity index is 1.65. The van der Waals surface area contributed by atoms with Gasteiger partial charge in [0, 0.05) is 27.9 Å². The molecule has 0 radical (unpaired) electrons. The molecule has 44 heavy (non-hydrogen) atoms. The summed E-state index contributed by atoms with van der Waals surface area (Å²) in [7, 11) is 0. The van der Waals surface area contributed by atoms with Gasteiger partial charge in [-0.25, -0.2) is 4.39 Å². The second-order valence-electron chi connectivity index (χ2n) is 13.5. The Morgan fingerprint density at radius 2 is 1.75 bits per heavy atom. The number of allylic oxidation sites excluding steroid dienone is 4. The fourth-order valence-corrected chi connectivity index (χ4v) is 7.73. The van der Waals surface area contributed by atoms with Crippen molar-refractivity contribution in [3.8, 4) is 0 Å². The van der Waals surface area contributed by atoms with E-state index in [1.807, 2.05) is 19.9 Å². The molecule has 3 aliphatic rings. The Kier molecular flexibility index (Phi) is 8.51. The molecule has 2 spiro atoms. The van der Waals surface area contributed by atoms with Crippen LogP contribution >= 0.6 is 23.2 Å². The molecule has 8 heteroatoms. The van der Waals surface area contributed by atoms with Gasteiger partial charge in [0.1, 0.15) is 11.2 Å². The summed E-state index contributed by atoms with van der Waals surface area (Å²) in [4.78, 5) is 28.8. The molecule has 2 aromatic rings. The van der Waals surface area contributed by atoms with Gasteiger partial charge < -0.3 is 10.6 Å². The van der Waals surface area contributed by atoms with Crippen LogP contribution in [0.1, 0.15) is 70.4 Å². The topological polar surface area (TPSA) is 70.2 Å². The molecule has 1 aliphatic carbocycles. The number of benzene rings is 2. The summed E-state index contributed by atoms with van der Waals surface area (Å²) in [5.41, 5.74) is 1.28. The lowest BCUT2D eigenvalue weighted by Gasteiger charge is -2.50. The summed E-state index contributed by atoms with van der Waals surface area (Å²) < 4.78 is 16.1. The van der Waals surface area contributed by atoms with E-state index in [-0.39, 0.29) is 27.8 Å². The molecular formula is C36H40Cl2FN3O2. The maximum atomic E-state index is 16.1. The maximum absolute atomic E-state index is 16.1. The van der Waals surface area contributed by atoms with Crippen LogP contribution in [0.3, 0.4) is 0 Å². The Morgan fingerprint density at radius 3 is 2.41 bits per heavy atom. The number of hydrogen-bond acceptors (Lipinski definition) is 3. The zero-order valence-corrected chi connectivity index (χ0v) is 27.3. The van der Waals surface area contributed by atoms with Crippen molar-refractivity contribution in [3.05, 3.63) is 112 Å². The predicted octanol–water partition coefficient (Wildman–Crippen LogP) is 8.37. The number of anilines is 1. The van der Waals surface area contributed by atoms with Crippen molar-refractivity contribution in [1.82, 2.24) is 10.6 Å². The molecule has 1 saturated carbocycles. The molecule has 0 bridgehead atoms. The fraction of sp³-hybridized carbons (Fsp3) is 0.389. The van der Waals surface area contributed by atoms with E-state index < -0.39 is 34.6 Å². The molecule has 232 valence electrons. The second-order valence-corrected chi connectivity index (χ2v) is 14.3. The summed E-state index contributed by atoms with van der Waals surface area (Å²) in [6, 6.07) is 9.05. The molecule has 5 rings (SSSR count). The monoisotopic (exact) mass is 635 g/mol. The lowest BCUT2D eigenvalue weighted by molar-refractivity contribution is -0.124. The molecule has 0 unspecified atom stereocenters. The van der Waals surface area contributed by atoms with E-state index in [4.69, 9.17) is 23.2 Å². The highest BCUT2D eigenvalue weighted by molar-refractivity contribution is 6.31. The number of fused-ring (bicyclic) bond motifs is 3. The molecule has 2 fully saturated rings. The van der Waals surface area contributed by atoms with Gasteiger partial charge >= 0.3 is 0 Å². The van der Waals surface area contributed by atoms with E-state index >= 15 is 4.39 Å². The molecule has 1 saturated heterocycles. The van der Waals surface area contributed by atoms with Crippen molar-refractivity contribution >= 4 is 40.7 Å². The number of hydrogen-bond donors (Lipinski definition) is 3. The highest BCUT2D eigenvalue weighted by Gasteiger charge is 2.73. The summed E-state index contributed by atoms with van der Waals surface area (Å²) in [5.74, 6) is -2.08. The number of nitrogens with one attached hydrogen (secondary N) is 3. The molecular weight excluding hydrogens is 596 g/mol. The normalized spacial score (nSPS) is 25.0. The number of rotatable bonds is 7. The third-order valence-electron chi connectivity index (χ3n) is 9.93. The van der Waals surface area contributed by atoms with E-state index in [2.05, 4.69) is 49.5 Å². The average molecular weight is 637 g/mol. The Bertz CT molecular complexity index is 1600. The van der Waals surface area contributed by atoms with Crippen molar-refractivity contribution in [2.45, 2.75) is 76.3 Å². The number of carbonyl (C=O) groups is 2. The predicted molar refractivity (Wildman–Crippen MR) is 177 cm³/mol. The van der Waals surface area contributed by atoms with Gasteiger partial charge in [-0.1, -0.05) is 94.9 Å². The molecule has 2 heterocycles. The van der Waals surface area contributed by atoms with Crippen LogP contribution in [0.25, 0.3) is 0 Å². The lowest BCUT2D eigenvalue weighted by atomic mass is 9.53. The van der Waals surface area contributed by atoms with E-state index in [0.717, 1.165) is 24.0 Å². The SMILES string of the molecule is C=C(/C=C\C(=C)C(=C)C(C)C)NC(=O)[C@@H]1NC2(CCC(C)(C)CC2)[C@@]2(C(=O)Nc3cc(Cl)ccc32)[C@H]1c1cccc(Cl)c1F. The Labute approximate surface area is 269 Å². The van der Waals surface area contributed by atoms with Gasteiger partial charge in [-0.3, -0.25) is 14.9 Å². The van der Waals surface area contributed by atoms with Gasteiger partial charge in [0.2, 0.25) is 11.8 Å². The van der Waals surface area contributed by atoms with Crippen LogP contribution in [0.15, 0.2) is 85.1 Å². The van der Waals surface area contributed by atoms with Crippen molar-refractivity contribution in [2.24, 2.45) is 11.3 Å². The minimum atomic E-state index is -1.32. The summed E-state index contributed by atoms with van der Waals surface area (Å²) in [5, 5.41) is 10.0. The first-order valence-corrected chi connectivity index (χ1v) is 15.8. The maximum Gasteiger partial charge on any atom is 0.242 e. The van der Waals surface area contributed by atoms with E-state index in [1.54, 1.807) is 36.4 Å². The van der Waals surface area contributed by atoms with Crippen molar-refractivity contribution in [1.29, 1.82) is 0 Å². The van der Waals surface area contributed by atoms with Gasteiger partial charge in [0.25, 0.3) is 0 Å². The van der Waals surface area contributed by atoms with E-state index in [9.17, 15) is 9.59 Å². The minimum absolute atomic E-state index is 0.0463. The van der Waals surface area contributed by atoms with Gasteiger partial charge in [-0.2, -0.15) is 0 Å². The third-order valence-corrected chi connectivity index (χ3v) is 10.5. The van der Waals surface area contributed by atoms with Crippen LogP contribution in [0.5, 0.6) is 0 Å². The molecule has 0 aromatic heterocycles. The first-order valence-electron chi connectivity index (χ1n) is 15.0. The highest BCUT2D eigenvalue weighted by Crippen LogP contribution is 2.64. The summed E-state index contributed by atoms with van der Waals surface area (Å²) in [6.45, 7) is 20.7. The van der Waals surface area contributed by atoms with Crippen LogP contribution in [-0.2, 0) is 15.0 Å². The smallest absolute Gasteiger partial charge is 0.242 e. The second kappa shape index (κ2) is 11.6. The summed E-state index contributed by atoms with van der Waals surface area (Å²) in [6.07, 6.45) is 6.28. The van der Waals surface area contributed by atoms with Crippen molar-refractivity contribution in [2.75, 3.05) is 5.32 Å². The molecule has 2 aromatic carbocycles. The van der Waals surface area contributed by atoms with Gasteiger partial charge in [-0.05, 0) is 83.6 Å². The quantitative estimate of drug-likeness (QED) is 0.268. The first kappa shape index (κ1) is 32.2. The molecule has 2 amide bonds. The van der Waals surface area contributed by atoms with Crippen LogP contribution in [-0.4, -0.2) is 23.4 Å². The largest absolute Gasteiger partial charge is 0.325 e. The zero-order valence-electron chi connectivity index (χ0n) is 25.8. The van der Waals surface area contributed by atoms with Crippen molar-refractivity contribution in [3.63, 3.8) is 0 Å². The standard InChI is InChI=1S/C36H40Cl2FN3O2/c1-20(2)23(5)21(3)11-12-22(4)40-32(43)31-29(25-9-8-10-27(38)30(25)39)36(35(42-31)17-15-34(6,7)16-18-35)26-14-13-24(37)19-28(26)41-33(36)44/h8-14,19-20,29,31,42H,3-5,15-18H2,1-2,6-7H3,(H,40,43)(H,41,44)/b12-11-/t29-,31+,36+/m0/s1. The first-order chi connectivity index (χ1) is 20.6. The van der Waals surface area contributed by atoms with Crippen LogP contribution in [0.4, 0.5) is 10.1 Å². The fourth-order valence-electron chi connectivity index (χ4n) is 7.37. The molecule has 3 atom stereocenters. The zero-order chi connectivity index (χ0) is 32.2. The van der Waals surface area contributed by atoms with Crippen LogP contribution < -0.4 is 16.0 Å². The molecule has 5 nitrogen and oxygen atoms in total. The average Bonchev–Trinajstić information content (AvgIpc) is 3.42. The van der Waals surface area contributed by atoms with Gasteiger partial charge in [0.15, 0.2) is 0 Å². The number of carbonyl (C=O) groups excluding carboxylic acids is 2. The van der Waals surface area contributed by atoms with Crippen LogP contribution in [0.2, 0.25) is 10.0 Å². The summed E-state index contributed by atoms with van der Waals surface area (Å²) >= 11 is 12.7. The molecule has 2 aliphatic heterocycles. The van der Waals surface area contributed by atoms with Crippen LogP contribution in [0, 0.1) is 17.2 Å². The Hall–Kier alpha value is -3.19. The third kappa shape index (κ3) is 5.25. The molecule has 3 N–H and O–H groups in total. The number of amides is 2. The van der Waals surface area contributed by atoms with E-state index in [0.29, 0.717) is 34.8 Å². The van der Waals surface area contributed by atoms with Crippen molar-refractivity contribution < 1.29 is 14.0 Å². The Morgan fingerprint density at radius 1 is 1.07 bits per heavy atom. The lowest BCUT2D eigenvalue weighted by Crippen LogP contribution is -2.61. The minimum Gasteiger partial charge on any atom is -0.325 e.